The largest absolute Gasteiger partial charge is 0.302 e. The fourth-order valence-corrected chi connectivity index (χ4v) is 5.51. The van der Waals surface area contributed by atoms with Gasteiger partial charge in [0.05, 0.1) is 0 Å². The van der Waals surface area contributed by atoms with Crippen LogP contribution in [0, 0.1) is 41.5 Å². The molecule has 0 amide bonds. The molecule has 4 heteroatoms. The standard InChI is InChI=1S/C22H25O3P/c1-8-26(25,21(23)19-15(4)9-13(2)10-16(19)5)22(24)20-17(6)11-14(3)12-18(20)7/h8-12H,1H2,2-7H3. The molecule has 0 aliphatic heterocycles. The van der Waals surface area contributed by atoms with Crippen molar-refractivity contribution in [2.45, 2.75) is 41.5 Å². The van der Waals surface area contributed by atoms with Gasteiger partial charge in [-0.1, -0.05) is 42.0 Å². The van der Waals surface area contributed by atoms with E-state index in [4.69, 9.17) is 0 Å². The smallest absolute Gasteiger partial charge is 0.241 e. The van der Waals surface area contributed by atoms with Crippen LogP contribution in [-0.4, -0.2) is 11.0 Å². The summed E-state index contributed by atoms with van der Waals surface area (Å²) in [5.41, 5.74) is 4.37. The van der Waals surface area contributed by atoms with Gasteiger partial charge < -0.3 is 4.57 Å². The Morgan fingerprint density at radius 1 is 0.731 bits per heavy atom. The summed E-state index contributed by atoms with van der Waals surface area (Å²) in [6, 6.07) is 7.45. The van der Waals surface area contributed by atoms with Gasteiger partial charge in [-0.25, -0.2) is 0 Å². The number of carbonyl (C=O) groups excluding carboxylic acids is 2. The lowest BCUT2D eigenvalue weighted by Gasteiger charge is -2.18. The van der Waals surface area contributed by atoms with Gasteiger partial charge in [0.1, 0.15) is 0 Å². The first-order chi connectivity index (χ1) is 12.0. The van der Waals surface area contributed by atoms with Crippen molar-refractivity contribution in [3.05, 3.63) is 81.2 Å². The molecular formula is C22H25O3P. The Balaban J connectivity index is 2.66. The maximum Gasteiger partial charge on any atom is 0.241 e. The summed E-state index contributed by atoms with van der Waals surface area (Å²) in [5.74, 6) is 1.05. The second kappa shape index (κ2) is 7.17. The minimum atomic E-state index is -3.98. The highest BCUT2D eigenvalue weighted by Crippen LogP contribution is 2.54. The van der Waals surface area contributed by atoms with Gasteiger partial charge in [0, 0.05) is 11.1 Å². The van der Waals surface area contributed by atoms with E-state index in [2.05, 4.69) is 6.58 Å². The lowest BCUT2D eigenvalue weighted by Crippen LogP contribution is -2.14. The fraction of sp³-hybridized carbons (Fsp3) is 0.273. The number of benzene rings is 2. The van der Waals surface area contributed by atoms with Crippen molar-refractivity contribution < 1.29 is 14.2 Å². The zero-order valence-electron chi connectivity index (χ0n) is 16.3. The van der Waals surface area contributed by atoms with E-state index < -0.39 is 18.2 Å². The van der Waals surface area contributed by atoms with Crippen LogP contribution < -0.4 is 0 Å². The van der Waals surface area contributed by atoms with Crippen molar-refractivity contribution in [3.8, 4) is 0 Å². The molecule has 26 heavy (non-hydrogen) atoms. The maximum atomic E-state index is 13.5. The van der Waals surface area contributed by atoms with Crippen molar-refractivity contribution in [3.63, 3.8) is 0 Å². The fourth-order valence-electron chi connectivity index (χ4n) is 3.62. The summed E-state index contributed by atoms with van der Waals surface area (Å²) in [7, 11) is -3.98. The van der Waals surface area contributed by atoms with E-state index in [-0.39, 0.29) is 0 Å². The zero-order chi connectivity index (χ0) is 19.8. The van der Waals surface area contributed by atoms with Gasteiger partial charge in [0.2, 0.25) is 18.2 Å². The Hall–Kier alpha value is -2.25. The molecule has 3 nitrogen and oxygen atoms in total. The van der Waals surface area contributed by atoms with Crippen molar-refractivity contribution >= 4 is 18.2 Å². The number of aryl methyl sites for hydroxylation is 6. The molecule has 2 rings (SSSR count). The molecule has 0 aliphatic carbocycles. The Morgan fingerprint density at radius 3 is 1.23 bits per heavy atom. The number of rotatable bonds is 5. The third-order valence-corrected chi connectivity index (χ3v) is 6.81. The predicted octanol–water partition coefficient (Wildman–Crippen LogP) is 6.02. The summed E-state index contributed by atoms with van der Waals surface area (Å²) >= 11 is 0. The van der Waals surface area contributed by atoms with Gasteiger partial charge in [-0.15, -0.1) is 0 Å². The van der Waals surface area contributed by atoms with Gasteiger partial charge in [-0.05, 0) is 69.6 Å². The van der Waals surface area contributed by atoms with Crippen molar-refractivity contribution in [1.29, 1.82) is 0 Å². The first kappa shape index (κ1) is 20.1. The van der Waals surface area contributed by atoms with Gasteiger partial charge >= 0.3 is 0 Å². The molecule has 0 N–H and O–H groups in total. The van der Waals surface area contributed by atoms with Crippen molar-refractivity contribution in [2.75, 3.05) is 0 Å². The Morgan fingerprint density at radius 2 is 1.00 bits per heavy atom. The molecule has 0 atom stereocenters. The second-order valence-electron chi connectivity index (χ2n) is 7.00. The first-order valence-electron chi connectivity index (χ1n) is 8.51. The molecule has 0 radical (unpaired) electrons. The zero-order valence-corrected chi connectivity index (χ0v) is 17.2. The van der Waals surface area contributed by atoms with E-state index in [1.807, 2.05) is 38.1 Å². The third kappa shape index (κ3) is 3.37. The molecule has 2 aromatic rings. The van der Waals surface area contributed by atoms with E-state index in [9.17, 15) is 14.2 Å². The lowest BCUT2D eigenvalue weighted by molar-refractivity contribution is 0.103. The molecule has 0 spiro atoms. The molecular weight excluding hydrogens is 343 g/mol. The highest BCUT2D eigenvalue weighted by atomic mass is 31.2. The average Bonchev–Trinajstić information content (AvgIpc) is 2.51. The van der Waals surface area contributed by atoms with Gasteiger partial charge in [-0.2, -0.15) is 0 Å². The van der Waals surface area contributed by atoms with E-state index in [1.165, 1.54) is 0 Å². The predicted molar refractivity (Wildman–Crippen MR) is 108 cm³/mol. The quantitative estimate of drug-likeness (QED) is 0.606. The molecule has 2 aromatic carbocycles. The summed E-state index contributed by atoms with van der Waals surface area (Å²) in [5, 5.41) is 0. The topological polar surface area (TPSA) is 51.2 Å². The maximum absolute atomic E-state index is 13.5. The van der Waals surface area contributed by atoms with E-state index in [1.54, 1.807) is 27.7 Å². The van der Waals surface area contributed by atoms with Crippen molar-refractivity contribution in [1.82, 2.24) is 0 Å². The number of hydrogen-bond donors (Lipinski definition) is 0. The number of carbonyl (C=O) groups is 2. The Kier molecular flexibility index (Phi) is 5.53. The molecule has 0 unspecified atom stereocenters. The second-order valence-corrected chi connectivity index (χ2v) is 9.49. The monoisotopic (exact) mass is 368 g/mol. The SMILES string of the molecule is C=CP(=O)(C(=O)c1c(C)cc(C)cc1C)C(=O)c1c(C)cc(C)cc1C. The minimum Gasteiger partial charge on any atom is -0.302 e. The Bertz CT molecular complexity index is 863. The Labute approximate surface area is 155 Å². The highest BCUT2D eigenvalue weighted by molar-refractivity contribution is 7.97. The summed E-state index contributed by atoms with van der Waals surface area (Å²) in [6.07, 6.45) is 0. The third-order valence-electron chi connectivity index (χ3n) is 4.64. The van der Waals surface area contributed by atoms with Crippen LogP contribution in [0.15, 0.2) is 36.7 Å². The van der Waals surface area contributed by atoms with E-state index in [0.717, 1.165) is 39.2 Å². The molecule has 0 fully saturated rings. The van der Waals surface area contributed by atoms with Crippen LogP contribution in [0.4, 0.5) is 0 Å². The van der Waals surface area contributed by atoms with Gasteiger partial charge in [0.25, 0.3) is 0 Å². The van der Waals surface area contributed by atoms with Crippen LogP contribution in [0.25, 0.3) is 0 Å². The van der Waals surface area contributed by atoms with Crippen LogP contribution in [0.3, 0.4) is 0 Å². The van der Waals surface area contributed by atoms with E-state index in [0.29, 0.717) is 11.1 Å². The first-order valence-corrected chi connectivity index (χ1v) is 10.3. The van der Waals surface area contributed by atoms with Crippen LogP contribution in [-0.2, 0) is 4.57 Å². The van der Waals surface area contributed by atoms with Crippen LogP contribution in [0.2, 0.25) is 0 Å². The highest BCUT2D eigenvalue weighted by Gasteiger charge is 2.40. The number of hydrogen-bond acceptors (Lipinski definition) is 3. The van der Waals surface area contributed by atoms with Gasteiger partial charge in [0.15, 0.2) is 0 Å². The molecule has 0 saturated carbocycles. The molecule has 0 saturated heterocycles. The van der Waals surface area contributed by atoms with Crippen LogP contribution >= 0.6 is 7.14 Å². The molecule has 0 bridgehead atoms. The summed E-state index contributed by atoms with van der Waals surface area (Å²) in [4.78, 5) is 26.4. The molecule has 0 aliphatic rings. The van der Waals surface area contributed by atoms with Crippen LogP contribution in [0.5, 0.6) is 0 Å². The molecule has 136 valence electrons. The summed E-state index contributed by atoms with van der Waals surface area (Å²) < 4.78 is 13.5. The summed E-state index contributed by atoms with van der Waals surface area (Å²) in [6.45, 7) is 14.6. The average molecular weight is 368 g/mol. The molecule has 0 heterocycles. The normalized spacial score (nSPS) is 11.3. The van der Waals surface area contributed by atoms with Crippen LogP contribution in [0.1, 0.15) is 54.1 Å². The van der Waals surface area contributed by atoms with Crippen molar-refractivity contribution in [2.24, 2.45) is 0 Å². The van der Waals surface area contributed by atoms with E-state index >= 15 is 0 Å². The molecule has 0 aromatic heterocycles. The minimum absolute atomic E-state index is 0.356. The lowest BCUT2D eigenvalue weighted by atomic mass is 10.0. The van der Waals surface area contributed by atoms with Gasteiger partial charge in [-0.3, -0.25) is 9.59 Å².